The quantitative estimate of drug-likeness (QED) is 0.508. The van der Waals surface area contributed by atoms with Gasteiger partial charge in [-0.1, -0.05) is 6.07 Å². The zero-order valence-corrected chi connectivity index (χ0v) is 13.9. The Balaban J connectivity index is 1.81. The molecule has 0 spiro atoms. The Labute approximate surface area is 149 Å². The number of carbonyl (C=O) groups is 2. The molecule has 8 nitrogen and oxygen atoms in total. The predicted molar refractivity (Wildman–Crippen MR) is 91.4 cm³/mol. The number of aliphatic hydroxyl groups is 1. The van der Waals surface area contributed by atoms with Crippen LogP contribution in [0.1, 0.15) is 22.5 Å². The Bertz CT molecular complexity index is 813. The molecule has 0 saturated carbocycles. The lowest BCUT2D eigenvalue weighted by Gasteiger charge is -2.10. The van der Waals surface area contributed by atoms with E-state index >= 15 is 0 Å². The average molecular weight is 358 g/mol. The molecule has 1 aromatic carbocycles. The summed E-state index contributed by atoms with van der Waals surface area (Å²) in [6.07, 6.45) is 3.31. The van der Waals surface area contributed by atoms with Crippen LogP contribution in [0.3, 0.4) is 0 Å². The molecule has 0 bridgehead atoms. The van der Waals surface area contributed by atoms with Crippen molar-refractivity contribution in [2.24, 2.45) is 0 Å². The molecule has 2 heterocycles. The molecule has 1 aromatic heterocycles. The molecule has 2 aromatic rings. The first-order valence-electron chi connectivity index (χ1n) is 8.02. The monoisotopic (exact) mass is 358 g/mol. The lowest BCUT2D eigenvalue weighted by molar-refractivity contribution is -0.117. The van der Waals surface area contributed by atoms with Crippen LogP contribution in [0.15, 0.2) is 46.7 Å². The molecule has 0 unspecified atom stereocenters. The molecule has 0 fully saturated rings. The van der Waals surface area contributed by atoms with Crippen LogP contribution in [-0.4, -0.2) is 36.9 Å². The first-order chi connectivity index (χ1) is 12.7. The number of hydrogen-bond acceptors (Lipinski definition) is 6. The number of hydrogen-bond donors (Lipinski definition) is 3. The van der Waals surface area contributed by atoms with Crippen molar-refractivity contribution < 1.29 is 28.6 Å². The van der Waals surface area contributed by atoms with Crippen molar-refractivity contribution in [1.82, 2.24) is 10.6 Å². The zero-order valence-electron chi connectivity index (χ0n) is 13.9. The van der Waals surface area contributed by atoms with Gasteiger partial charge in [-0.05, 0) is 42.3 Å². The van der Waals surface area contributed by atoms with Gasteiger partial charge in [0.25, 0.3) is 11.8 Å². The molecule has 1 aliphatic heterocycles. The Morgan fingerprint density at radius 1 is 1.19 bits per heavy atom. The Morgan fingerprint density at radius 2 is 2.04 bits per heavy atom. The van der Waals surface area contributed by atoms with E-state index in [0.717, 1.165) is 0 Å². The first kappa shape index (κ1) is 17.6. The third-order valence-electron chi connectivity index (χ3n) is 3.57. The molecular formula is C18H18N2O6. The van der Waals surface area contributed by atoms with Crippen LogP contribution in [0.2, 0.25) is 0 Å². The molecule has 0 radical (unpaired) electrons. The molecule has 26 heavy (non-hydrogen) atoms. The van der Waals surface area contributed by atoms with Gasteiger partial charge in [-0.25, -0.2) is 0 Å². The maximum Gasteiger partial charge on any atom is 0.291 e. The fraction of sp³-hybridized carbons (Fsp3) is 0.222. The van der Waals surface area contributed by atoms with Crippen LogP contribution in [0.5, 0.6) is 11.5 Å². The van der Waals surface area contributed by atoms with Crippen molar-refractivity contribution in [3.05, 3.63) is 53.6 Å². The van der Waals surface area contributed by atoms with E-state index in [-0.39, 0.29) is 31.4 Å². The number of amides is 2. The largest absolute Gasteiger partial charge is 0.459 e. The minimum absolute atomic E-state index is 0.0414. The normalized spacial score (nSPS) is 12.7. The molecule has 0 aliphatic carbocycles. The van der Waals surface area contributed by atoms with Crippen molar-refractivity contribution >= 4 is 17.9 Å². The van der Waals surface area contributed by atoms with E-state index in [2.05, 4.69) is 10.6 Å². The third kappa shape index (κ3) is 4.22. The highest BCUT2D eigenvalue weighted by molar-refractivity contribution is 6.04. The minimum Gasteiger partial charge on any atom is -0.459 e. The average Bonchev–Trinajstić information content (AvgIpc) is 3.32. The number of furan rings is 1. The van der Waals surface area contributed by atoms with Crippen LogP contribution < -0.4 is 20.1 Å². The smallest absolute Gasteiger partial charge is 0.291 e. The lowest BCUT2D eigenvalue weighted by Crippen LogP contribution is -2.35. The SMILES string of the molecule is O=C(NCCCO)C(=Cc1ccc2c(c1)OCO2)NC(=O)c1ccco1. The van der Waals surface area contributed by atoms with Gasteiger partial charge in [0.15, 0.2) is 17.3 Å². The van der Waals surface area contributed by atoms with E-state index in [1.54, 1.807) is 24.3 Å². The number of ether oxygens (including phenoxy) is 2. The molecule has 0 saturated heterocycles. The highest BCUT2D eigenvalue weighted by Crippen LogP contribution is 2.33. The van der Waals surface area contributed by atoms with Crippen LogP contribution in [0.25, 0.3) is 6.08 Å². The van der Waals surface area contributed by atoms with Gasteiger partial charge in [0.1, 0.15) is 5.70 Å². The summed E-state index contributed by atoms with van der Waals surface area (Å²) in [5.74, 6) is 0.256. The van der Waals surface area contributed by atoms with Gasteiger partial charge in [0.2, 0.25) is 6.79 Å². The van der Waals surface area contributed by atoms with Crippen molar-refractivity contribution in [2.45, 2.75) is 6.42 Å². The topological polar surface area (TPSA) is 110 Å². The molecule has 1 aliphatic rings. The summed E-state index contributed by atoms with van der Waals surface area (Å²) in [6, 6.07) is 8.26. The zero-order chi connectivity index (χ0) is 18.4. The standard InChI is InChI=1S/C18H18N2O6/c21-7-2-6-19-17(22)13(20-18(23)15-3-1-8-24-15)9-12-4-5-14-16(10-12)26-11-25-14/h1,3-5,8-10,21H,2,6-7,11H2,(H,19,22)(H,20,23). The third-order valence-corrected chi connectivity index (χ3v) is 3.57. The highest BCUT2D eigenvalue weighted by Gasteiger charge is 2.17. The molecule has 2 amide bonds. The molecule has 136 valence electrons. The van der Waals surface area contributed by atoms with Crippen LogP contribution in [0.4, 0.5) is 0 Å². The lowest BCUT2D eigenvalue weighted by atomic mass is 10.1. The number of nitrogens with one attached hydrogen (secondary N) is 2. The summed E-state index contributed by atoms with van der Waals surface area (Å²) in [6.45, 7) is 0.386. The highest BCUT2D eigenvalue weighted by atomic mass is 16.7. The van der Waals surface area contributed by atoms with E-state index < -0.39 is 11.8 Å². The molecule has 0 atom stereocenters. The van der Waals surface area contributed by atoms with Gasteiger partial charge in [-0.15, -0.1) is 0 Å². The Hall–Kier alpha value is -3.26. The molecule has 3 rings (SSSR count). The van der Waals surface area contributed by atoms with E-state index in [4.69, 9.17) is 19.0 Å². The van der Waals surface area contributed by atoms with Crippen molar-refractivity contribution in [3.8, 4) is 11.5 Å². The summed E-state index contributed by atoms with van der Waals surface area (Å²) in [4.78, 5) is 24.6. The van der Waals surface area contributed by atoms with Crippen LogP contribution >= 0.6 is 0 Å². The van der Waals surface area contributed by atoms with E-state index in [1.807, 2.05) is 0 Å². The second-order valence-electron chi connectivity index (χ2n) is 5.44. The maximum atomic E-state index is 12.4. The molecule has 3 N–H and O–H groups in total. The summed E-state index contributed by atoms with van der Waals surface area (Å²) in [5, 5.41) is 14.0. The summed E-state index contributed by atoms with van der Waals surface area (Å²) < 4.78 is 15.6. The minimum atomic E-state index is -0.542. The number of benzene rings is 1. The van der Waals surface area contributed by atoms with E-state index in [1.165, 1.54) is 18.4 Å². The Morgan fingerprint density at radius 3 is 2.81 bits per heavy atom. The van der Waals surface area contributed by atoms with Gasteiger partial charge in [-0.2, -0.15) is 0 Å². The summed E-state index contributed by atoms with van der Waals surface area (Å²) in [5.41, 5.74) is 0.699. The van der Waals surface area contributed by atoms with Gasteiger partial charge in [-0.3, -0.25) is 9.59 Å². The maximum absolute atomic E-state index is 12.4. The number of carbonyl (C=O) groups excluding carboxylic acids is 2. The van der Waals surface area contributed by atoms with E-state index in [0.29, 0.717) is 23.5 Å². The van der Waals surface area contributed by atoms with Crippen LogP contribution in [0, 0.1) is 0 Å². The van der Waals surface area contributed by atoms with Gasteiger partial charge in [0, 0.05) is 13.2 Å². The van der Waals surface area contributed by atoms with Gasteiger partial charge in [0.05, 0.1) is 6.26 Å². The summed E-state index contributed by atoms with van der Waals surface area (Å²) in [7, 11) is 0. The molecule has 8 heteroatoms. The number of aliphatic hydroxyl groups excluding tert-OH is 1. The van der Waals surface area contributed by atoms with Crippen molar-refractivity contribution in [2.75, 3.05) is 19.9 Å². The fourth-order valence-corrected chi connectivity index (χ4v) is 2.30. The van der Waals surface area contributed by atoms with Crippen molar-refractivity contribution in [1.29, 1.82) is 0 Å². The van der Waals surface area contributed by atoms with Gasteiger partial charge < -0.3 is 29.6 Å². The van der Waals surface area contributed by atoms with Crippen molar-refractivity contribution in [3.63, 3.8) is 0 Å². The summed E-state index contributed by atoms with van der Waals surface area (Å²) >= 11 is 0. The predicted octanol–water partition coefficient (Wildman–Crippen LogP) is 1.28. The second-order valence-corrected chi connectivity index (χ2v) is 5.44. The van der Waals surface area contributed by atoms with Gasteiger partial charge >= 0.3 is 0 Å². The first-order valence-corrected chi connectivity index (χ1v) is 8.02. The fourth-order valence-electron chi connectivity index (χ4n) is 2.30. The number of rotatable bonds is 7. The van der Waals surface area contributed by atoms with Crippen LogP contribution in [-0.2, 0) is 4.79 Å². The number of fused-ring (bicyclic) bond motifs is 1. The Kier molecular flexibility index (Phi) is 5.55. The molecular weight excluding hydrogens is 340 g/mol. The van der Waals surface area contributed by atoms with E-state index in [9.17, 15) is 9.59 Å². The second kappa shape index (κ2) is 8.21.